The highest BCUT2D eigenvalue weighted by Crippen LogP contribution is 2.54. The van der Waals surface area contributed by atoms with E-state index >= 15 is 0 Å². The molecule has 14 heteroatoms. The minimum absolute atomic E-state index is 0.0860. The Balaban J connectivity index is 1.08. The SMILES string of the molecule is COCC1(O)Oc2cc(C3OCC4(O)C(Oc5cc6c(cc5OC)OCO6)OCC34)c(OC)cc2OC1c1ccc2c(c1)OCO2. The molecule has 2 saturated heterocycles. The Labute approximate surface area is 263 Å². The number of aliphatic hydroxyl groups is 2. The van der Waals surface area contributed by atoms with E-state index in [0.29, 0.717) is 57.1 Å². The van der Waals surface area contributed by atoms with Crippen LogP contribution in [0.3, 0.4) is 0 Å². The predicted molar refractivity (Wildman–Crippen MR) is 153 cm³/mol. The van der Waals surface area contributed by atoms with E-state index < -0.39 is 35.8 Å². The molecule has 3 aromatic rings. The molecule has 5 aliphatic heterocycles. The number of hydrogen-bond donors (Lipinski definition) is 2. The fourth-order valence-corrected chi connectivity index (χ4v) is 6.54. The van der Waals surface area contributed by atoms with Gasteiger partial charge in [-0.1, -0.05) is 6.07 Å². The molecule has 46 heavy (non-hydrogen) atoms. The fraction of sp³-hybridized carbons (Fsp3) is 0.438. The number of rotatable bonds is 8. The molecule has 2 fully saturated rings. The van der Waals surface area contributed by atoms with Gasteiger partial charge in [-0.05, 0) is 18.2 Å². The molecule has 8 rings (SSSR count). The maximum Gasteiger partial charge on any atom is 0.273 e. The zero-order valence-corrected chi connectivity index (χ0v) is 25.2. The van der Waals surface area contributed by atoms with Crippen LogP contribution in [0.15, 0.2) is 42.5 Å². The lowest BCUT2D eigenvalue weighted by molar-refractivity contribution is -0.239. The second kappa shape index (κ2) is 10.9. The highest BCUT2D eigenvalue weighted by Gasteiger charge is 2.61. The zero-order valence-electron chi connectivity index (χ0n) is 25.2. The molecule has 0 bridgehead atoms. The lowest BCUT2D eigenvalue weighted by atomic mass is 9.85. The van der Waals surface area contributed by atoms with Gasteiger partial charge in [-0.15, -0.1) is 0 Å². The molecule has 0 radical (unpaired) electrons. The van der Waals surface area contributed by atoms with Crippen molar-refractivity contribution in [1.82, 2.24) is 0 Å². The van der Waals surface area contributed by atoms with Crippen LogP contribution in [-0.4, -0.2) is 82.6 Å². The molecule has 0 amide bonds. The van der Waals surface area contributed by atoms with Gasteiger partial charge in [0, 0.05) is 36.4 Å². The van der Waals surface area contributed by atoms with E-state index in [1.807, 2.05) is 0 Å². The van der Waals surface area contributed by atoms with Gasteiger partial charge in [-0.3, -0.25) is 0 Å². The van der Waals surface area contributed by atoms with Crippen molar-refractivity contribution in [3.8, 4) is 51.7 Å². The van der Waals surface area contributed by atoms with Crippen LogP contribution in [0.5, 0.6) is 51.7 Å². The first-order valence-electron chi connectivity index (χ1n) is 14.6. The van der Waals surface area contributed by atoms with E-state index in [1.54, 1.807) is 42.5 Å². The van der Waals surface area contributed by atoms with Crippen LogP contribution in [0, 0.1) is 5.92 Å². The monoisotopic (exact) mass is 640 g/mol. The Morgan fingerprint density at radius 1 is 0.761 bits per heavy atom. The minimum Gasteiger partial charge on any atom is -0.496 e. The predicted octanol–water partition coefficient (Wildman–Crippen LogP) is 2.86. The second-order valence-corrected chi connectivity index (χ2v) is 11.5. The number of ether oxygens (including phenoxy) is 12. The molecular formula is C32H32O14. The van der Waals surface area contributed by atoms with Crippen LogP contribution >= 0.6 is 0 Å². The maximum atomic E-state index is 11.9. The summed E-state index contributed by atoms with van der Waals surface area (Å²) in [6.45, 7) is 0.0251. The summed E-state index contributed by atoms with van der Waals surface area (Å²) in [5.74, 6) is 1.41. The van der Waals surface area contributed by atoms with Crippen molar-refractivity contribution in [2.45, 2.75) is 29.9 Å². The van der Waals surface area contributed by atoms with Gasteiger partial charge in [-0.25, -0.2) is 0 Å². The average molecular weight is 641 g/mol. The summed E-state index contributed by atoms with van der Waals surface area (Å²) in [5.41, 5.74) is -0.363. The molecule has 6 unspecified atom stereocenters. The van der Waals surface area contributed by atoms with Crippen molar-refractivity contribution in [3.63, 3.8) is 0 Å². The van der Waals surface area contributed by atoms with Crippen LogP contribution in [0.2, 0.25) is 0 Å². The van der Waals surface area contributed by atoms with Crippen molar-refractivity contribution in [2.75, 3.05) is 54.7 Å². The van der Waals surface area contributed by atoms with Gasteiger partial charge in [-0.2, -0.15) is 0 Å². The van der Waals surface area contributed by atoms with Gasteiger partial charge in [0.2, 0.25) is 19.9 Å². The molecule has 0 spiro atoms. The van der Waals surface area contributed by atoms with E-state index in [1.165, 1.54) is 21.3 Å². The van der Waals surface area contributed by atoms with E-state index in [0.717, 1.165) is 0 Å². The van der Waals surface area contributed by atoms with Crippen LogP contribution in [0.25, 0.3) is 0 Å². The summed E-state index contributed by atoms with van der Waals surface area (Å²) in [6, 6.07) is 11.9. The molecule has 0 saturated carbocycles. The normalized spacial score (nSPS) is 29.8. The molecular weight excluding hydrogens is 608 g/mol. The molecule has 0 aliphatic carbocycles. The Morgan fingerprint density at radius 3 is 2.20 bits per heavy atom. The first-order valence-corrected chi connectivity index (χ1v) is 14.6. The van der Waals surface area contributed by atoms with Crippen LogP contribution in [-0.2, 0) is 14.2 Å². The molecule has 6 atom stereocenters. The third kappa shape index (κ3) is 4.51. The fourth-order valence-electron chi connectivity index (χ4n) is 6.54. The van der Waals surface area contributed by atoms with Gasteiger partial charge in [0.05, 0.1) is 39.5 Å². The molecule has 5 heterocycles. The lowest BCUT2D eigenvalue weighted by Gasteiger charge is -2.40. The average Bonchev–Trinajstić information content (AvgIpc) is 3.84. The Hall–Kier alpha value is -4.34. The molecule has 244 valence electrons. The Kier molecular flexibility index (Phi) is 6.88. The molecule has 14 nitrogen and oxygen atoms in total. The summed E-state index contributed by atoms with van der Waals surface area (Å²) in [7, 11) is 4.48. The summed E-state index contributed by atoms with van der Waals surface area (Å²) in [4.78, 5) is 0. The van der Waals surface area contributed by atoms with Crippen LogP contribution < -0.4 is 42.6 Å². The first kappa shape index (κ1) is 29.1. The Bertz CT molecular complexity index is 1660. The van der Waals surface area contributed by atoms with Crippen molar-refractivity contribution in [1.29, 1.82) is 0 Å². The number of fused-ring (bicyclic) bond motifs is 4. The quantitative estimate of drug-likeness (QED) is 0.371. The molecule has 0 aromatic heterocycles. The summed E-state index contributed by atoms with van der Waals surface area (Å²) in [5, 5.41) is 23.6. The standard InChI is InChI=1S/C32H32O14/c1-35-13-32(34)29(16-4-5-19-22(6-16)41-14-40-19)44-26-8-20(36-2)17(7-27(26)46-32)28-18-11-38-30(31(18,33)12-39-28)45-25-10-24-23(42-15-43-24)9-21(25)37-3/h4-10,18,28-30,33-34H,11-15H2,1-3H3. The topological polar surface area (TPSA) is 151 Å². The van der Waals surface area contributed by atoms with E-state index in [2.05, 4.69) is 0 Å². The largest absolute Gasteiger partial charge is 0.496 e. The highest BCUT2D eigenvalue weighted by molar-refractivity contribution is 5.56. The lowest BCUT2D eigenvalue weighted by Crippen LogP contribution is -2.51. The number of hydrogen-bond acceptors (Lipinski definition) is 14. The molecule has 5 aliphatic rings. The van der Waals surface area contributed by atoms with E-state index in [-0.39, 0.29) is 39.2 Å². The van der Waals surface area contributed by atoms with Crippen molar-refractivity contribution in [2.24, 2.45) is 5.92 Å². The van der Waals surface area contributed by atoms with Crippen molar-refractivity contribution < 1.29 is 67.1 Å². The molecule has 2 N–H and O–H groups in total. The summed E-state index contributed by atoms with van der Waals surface area (Å²) in [6.07, 6.45) is -2.73. The summed E-state index contributed by atoms with van der Waals surface area (Å²) < 4.78 is 69.4. The zero-order chi connectivity index (χ0) is 31.6. The third-order valence-electron chi connectivity index (χ3n) is 8.82. The smallest absolute Gasteiger partial charge is 0.273 e. The third-order valence-corrected chi connectivity index (χ3v) is 8.82. The number of benzene rings is 3. The van der Waals surface area contributed by atoms with Crippen LogP contribution in [0.4, 0.5) is 0 Å². The maximum absolute atomic E-state index is 11.9. The summed E-state index contributed by atoms with van der Waals surface area (Å²) >= 11 is 0. The van der Waals surface area contributed by atoms with Crippen molar-refractivity contribution >= 4 is 0 Å². The van der Waals surface area contributed by atoms with Gasteiger partial charge < -0.3 is 67.1 Å². The highest BCUT2D eigenvalue weighted by atomic mass is 16.7. The van der Waals surface area contributed by atoms with E-state index in [4.69, 9.17) is 56.8 Å². The number of methoxy groups -OCH3 is 3. The first-order chi connectivity index (χ1) is 22.3. The van der Waals surface area contributed by atoms with Gasteiger partial charge >= 0.3 is 0 Å². The van der Waals surface area contributed by atoms with E-state index in [9.17, 15) is 10.2 Å². The van der Waals surface area contributed by atoms with Gasteiger partial charge in [0.1, 0.15) is 12.4 Å². The van der Waals surface area contributed by atoms with Crippen molar-refractivity contribution in [3.05, 3.63) is 53.6 Å². The minimum atomic E-state index is -1.91. The molecule has 3 aromatic carbocycles. The second-order valence-electron chi connectivity index (χ2n) is 11.5. The Morgan fingerprint density at radius 2 is 1.46 bits per heavy atom. The van der Waals surface area contributed by atoms with Gasteiger partial charge in [0.25, 0.3) is 5.79 Å². The van der Waals surface area contributed by atoms with Gasteiger partial charge in [0.15, 0.2) is 57.7 Å². The van der Waals surface area contributed by atoms with Crippen LogP contribution in [0.1, 0.15) is 23.3 Å².